The number of nitrogens with one attached hydrogen (secondary N) is 1. The van der Waals surface area contributed by atoms with Crippen LogP contribution >= 0.6 is 15.9 Å². The molecule has 1 heterocycles. The van der Waals surface area contributed by atoms with Crippen molar-refractivity contribution in [1.82, 2.24) is 4.98 Å². The summed E-state index contributed by atoms with van der Waals surface area (Å²) >= 11 is 3.29. The van der Waals surface area contributed by atoms with Crippen molar-refractivity contribution in [3.8, 4) is 0 Å². The van der Waals surface area contributed by atoms with Gasteiger partial charge in [0, 0.05) is 13.2 Å². The Morgan fingerprint density at radius 3 is 2.93 bits per heavy atom. The third-order valence-corrected chi connectivity index (χ3v) is 2.19. The molecule has 1 rings (SSSR count). The fourth-order valence-corrected chi connectivity index (χ4v) is 1.50. The molecular formula is C9H11BrN2O2. The number of nitrogens with zero attached hydrogens (tertiary/aromatic N) is 1. The molecule has 0 aromatic carbocycles. The normalized spacial score (nSPS) is 9.64. The van der Waals surface area contributed by atoms with Crippen LogP contribution in [0.1, 0.15) is 17.3 Å². The minimum Gasteiger partial charge on any atom is -0.462 e. The molecule has 0 fully saturated rings. The van der Waals surface area contributed by atoms with Crippen molar-refractivity contribution in [2.75, 3.05) is 19.0 Å². The van der Waals surface area contributed by atoms with E-state index in [9.17, 15) is 4.79 Å². The molecule has 76 valence electrons. The number of hydrogen-bond acceptors (Lipinski definition) is 4. The van der Waals surface area contributed by atoms with Crippen LogP contribution in [0.3, 0.4) is 0 Å². The summed E-state index contributed by atoms with van der Waals surface area (Å²) in [6.45, 7) is 2.13. The van der Waals surface area contributed by atoms with Gasteiger partial charge in [0.1, 0.15) is 5.82 Å². The molecule has 0 aliphatic rings. The number of esters is 1. The van der Waals surface area contributed by atoms with Crippen molar-refractivity contribution in [3.05, 3.63) is 22.3 Å². The Morgan fingerprint density at radius 2 is 2.43 bits per heavy atom. The first kappa shape index (κ1) is 11.0. The minimum atomic E-state index is -0.358. The molecule has 0 saturated carbocycles. The molecule has 1 aromatic heterocycles. The van der Waals surface area contributed by atoms with Gasteiger partial charge in [0.2, 0.25) is 0 Å². The Morgan fingerprint density at radius 1 is 1.71 bits per heavy atom. The van der Waals surface area contributed by atoms with Crippen molar-refractivity contribution in [2.24, 2.45) is 0 Å². The molecule has 0 radical (unpaired) electrons. The van der Waals surface area contributed by atoms with E-state index in [0.29, 0.717) is 18.0 Å². The van der Waals surface area contributed by atoms with Crippen molar-refractivity contribution >= 4 is 27.7 Å². The average molecular weight is 259 g/mol. The third-order valence-electron chi connectivity index (χ3n) is 1.59. The summed E-state index contributed by atoms with van der Waals surface area (Å²) in [5.41, 5.74) is 0.442. The third kappa shape index (κ3) is 2.45. The first-order chi connectivity index (χ1) is 6.69. The van der Waals surface area contributed by atoms with Crippen LogP contribution in [0.4, 0.5) is 5.82 Å². The van der Waals surface area contributed by atoms with Gasteiger partial charge in [-0.25, -0.2) is 9.78 Å². The summed E-state index contributed by atoms with van der Waals surface area (Å²) < 4.78 is 5.58. The first-order valence-electron chi connectivity index (χ1n) is 4.19. The highest BCUT2D eigenvalue weighted by Crippen LogP contribution is 2.20. The zero-order valence-corrected chi connectivity index (χ0v) is 9.59. The molecule has 0 atom stereocenters. The molecular weight excluding hydrogens is 248 g/mol. The average Bonchev–Trinajstić information content (AvgIpc) is 2.18. The maximum Gasteiger partial charge on any atom is 0.339 e. The fraction of sp³-hybridized carbons (Fsp3) is 0.333. The van der Waals surface area contributed by atoms with Gasteiger partial charge in [0.05, 0.1) is 16.6 Å². The zero-order chi connectivity index (χ0) is 10.6. The number of carbonyl (C=O) groups excluding carboxylic acids is 1. The van der Waals surface area contributed by atoms with Crippen LogP contribution in [0.15, 0.2) is 16.7 Å². The van der Waals surface area contributed by atoms with Crippen molar-refractivity contribution < 1.29 is 9.53 Å². The fourth-order valence-electron chi connectivity index (χ4n) is 0.948. The predicted octanol–water partition coefficient (Wildman–Crippen LogP) is 2.06. The van der Waals surface area contributed by atoms with Crippen LogP contribution < -0.4 is 5.32 Å². The lowest BCUT2D eigenvalue weighted by molar-refractivity contribution is 0.0526. The van der Waals surface area contributed by atoms with Gasteiger partial charge >= 0.3 is 5.97 Å². The van der Waals surface area contributed by atoms with Crippen LogP contribution in [-0.4, -0.2) is 24.6 Å². The molecule has 0 aliphatic heterocycles. The molecule has 4 nitrogen and oxygen atoms in total. The molecule has 0 bridgehead atoms. The maximum atomic E-state index is 11.3. The Hall–Kier alpha value is -1.10. The number of pyridine rings is 1. The monoisotopic (exact) mass is 258 g/mol. The van der Waals surface area contributed by atoms with E-state index in [1.807, 2.05) is 0 Å². The smallest absolute Gasteiger partial charge is 0.339 e. The zero-order valence-electron chi connectivity index (χ0n) is 8.00. The van der Waals surface area contributed by atoms with E-state index in [0.717, 1.165) is 4.47 Å². The highest BCUT2D eigenvalue weighted by molar-refractivity contribution is 9.10. The van der Waals surface area contributed by atoms with E-state index in [1.54, 1.807) is 20.0 Å². The largest absolute Gasteiger partial charge is 0.462 e. The number of aromatic nitrogens is 1. The van der Waals surface area contributed by atoms with E-state index >= 15 is 0 Å². The number of halogens is 1. The summed E-state index contributed by atoms with van der Waals surface area (Å²) in [6.07, 6.45) is 1.48. The standard InChI is InChI=1S/C9H11BrN2O2/c1-3-14-9(13)6-4-7(10)8(11-2)12-5-6/h4-5H,3H2,1-2H3,(H,11,12). The van der Waals surface area contributed by atoms with Gasteiger partial charge < -0.3 is 10.1 Å². The Bertz CT molecular complexity index is 342. The van der Waals surface area contributed by atoms with E-state index < -0.39 is 0 Å². The van der Waals surface area contributed by atoms with E-state index in [1.165, 1.54) is 6.20 Å². The highest BCUT2D eigenvalue weighted by Gasteiger charge is 2.09. The summed E-state index contributed by atoms with van der Waals surface area (Å²) in [7, 11) is 1.76. The van der Waals surface area contributed by atoms with Crippen LogP contribution in [0.25, 0.3) is 0 Å². The van der Waals surface area contributed by atoms with Crippen LogP contribution in [-0.2, 0) is 4.74 Å². The lowest BCUT2D eigenvalue weighted by Gasteiger charge is -2.05. The van der Waals surface area contributed by atoms with Crippen molar-refractivity contribution in [3.63, 3.8) is 0 Å². The topological polar surface area (TPSA) is 51.2 Å². The van der Waals surface area contributed by atoms with Crippen LogP contribution in [0, 0.1) is 0 Å². The Balaban J connectivity index is 2.91. The van der Waals surface area contributed by atoms with Gasteiger partial charge in [-0.1, -0.05) is 0 Å². The predicted molar refractivity (Wildman–Crippen MR) is 57.4 cm³/mol. The molecule has 5 heteroatoms. The Kier molecular flexibility index (Phi) is 3.88. The van der Waals surface area contributed by atoms with Crippen molar-refractivity contribution in [1.29, 1.82) is 0 Å². The number of anilines is 1. The molecule has 14 heavy (non-hydrogen) atoms. The number of hydrogen-bond donors (Lipinski definition) is 1. The lowest BCUT2D eigenvalue weighted by Crippen LogP contribution is -2.06. The van der Waals surface area contributed by atoms with Gasteiger partial charge in [-0.15, -0.1) is 0 Å². The van der Waals surface area contributed by atoms with Gasteiger partial charge in [0.25, 0.3) is 0 Å². The second-order valence-corrected chi connectivity index (χ2v) is 3.38. The summed E-state index contributed by atoms with van der Waals surface area (Å²) in [6, 6.07) is 1.68. The molecule has 0 saturated heterocycles. The highest BCUT2D eigenvalue weighted by atomic mass is 79.9. The second kappa shape index (κ2) is 4.95. The molecule has 1 N–H and O–H groups in total. The molecule has 0 amide bonds. The second-order valence-electron chi connectivity index (χ2n) is 2.52. The van der Waals surface area contributed by atoms with Gasteiger partial charge in [0.15, 0.2) is 0 Å². The number of carbonyl (C=O) groups is 1. The molecule has 1 aromatic rings. The summed E-state index contributed by atoms with van der Waals surface area (Å²) in [5, 5.41) is 2.88. The Labute approximate surface area is 90.8 Å². The van der Waals surface area contributed by atoms with Gasteiger partial charge in [-0.05, 0) is 28.9 Å². The summed E-state index contributed by atoms with van der Waals surface area (Å²) in [4.78, 5) is 15.3. The molecule has 0 spiro atoms. The quantitative estimate of drug-likeness (QED) is 0.844. The minimum absolute atomic E-state index is 0.358. The lowest BCUT2D eigenvalue weighted by atomic mass is 10.3. The number of rotatable bonds is 3. The summed E-state index contributed by atoms with van der Waals surface area (Å²) in [5.74, 6) is 0.335. The van der Waals surface area contributed by atoms with Crippen molar-refractivity contribution in [2.45, 2.75) is 6.92 Å². The van der Waals surface area contributed by atoms with E-state index in [4.69, 9.17) is 4.74 Å². The van der Waals surface area contributed by atoms with Gasteiger partial charge in [-0.3, -0.25) is 0 Å². The van der Waals surface area contributed by atoms with Gasteiger partial charge in [-0.2, -0.15) is 0 Å². The molecule has 0 unspecified atom stereocenters. The van der Waals surface area contributed by atoms with Crippen LogP contribution in [0.5, 0.6) is 0 Å². The SMILES string of the molecule is CCOC(=O)c1cnc(NC)c(Br)c1. The molecule has 0 aliphatic carbocycles. The van der Waals surface area contributed by atoms with E-state index in [2.05, 4.69) is 26.2 Å². The maximum absolute atomic E-state index is 11.3. The number of ether oxygens (including phenoxy) is 1. The van der Waals surface area contributed by atoms with E-state index in [-0.39, 0.29) is 5.97 Å². The van der Waals surface area contributed by atoms with Crippen LogP contribution in [0.2, 0.25) is 0 Å². The first-order valence-corrected chi connectivity index (χ1v) is 4.98.